The molecule has 0 aromatic heterocycles. The lowest BCUT2D eigenvalue weighted by atomic mass is 9.74. The zero-order valence-corrected chi connectivity index (χ0v) is 8.40. The quantitative estimate of drug-likeness (QED) is 0.721. The van der Waals surface area contributed by atoms with E-state index in [-0.39, 0.29) is 6.04 Å². The minimum absolute atomic E-state index is 0.102. The first kappa shape index (κ1) is 11.8. The summed E-state index contributed by atoms with van der Waals surface area (Å²) < 4.78 is 35.0. The van der Waals surface area contributed by atoms with Crippen LogP contribution in [-0.4, -0.2) is 18.8 Å². The second kappa shape index (κ2) is 4.49. The van der Waals surface area contributed by atoms with Gasteiger partial charge in [-0.25, -0.2) is 0 Å². The molecule has 1 saturated carbocycles. The molecule has 0 heterocycles. The van der Waals surface area contributed by atoms with Gasteiger partial charge in [0.1, 0.15) is 0 Å². The van der Waals surface area contributed by atoms with Gasteiger partial charge in [-0.3, -0.25) is 4.84 Å². The van der Waals surface area contributed by atoms with Crippen molar-refractivity contribution in [3.8, 4) is 0 Å². The molecule has 0 unspecified atom stereocenters. The SMILES string of the molecule is CC(C)C1CC(NOCC(F)(F)F)C1. The number of hydrogen-bond acceptors (Lipinski definition) is 2. The largest absolute Gasteiger partial charge is 0.413 e. The van der Waals surface area contributed by atoms with E-state index >= 15 is 0 Å². The maximum atomic E-state index is 11.7. The van der Waals surface area contributed by atoms with Gasteiger partial charge in [0.25, 0.3) is 0 Å². The molecule has 0 spiro atoms. The lowest BCUT2D eigenvalue weighted by Gasteiger charge is -2.38. The van der Waals surface area contributed by atoms with E-state index in [0.29, 0.717) is 11.8 Å². The normalized spacial score (nSPS) is 27.9. The highest BCUT2D eigenvalue weighted by molar-refractivity contribution is 4.84. The van der Waals surface area contributed by atoms with Crippen molar-refractivity contribution in [2.24, 2.45) is 11.8 Å². The third kappa shape index (κ3) is 3.84. The van der Waals surface area contributed by atoms with Crippen LogP contribution in [-0.2, 0) is 4.84 Å². The highest BCUT2D eigenvalue weighted by Crippen LogP contribution is 2.33. The summed E-state index contributed by atoms with van der Waals surface area (Å²) in [7, 11) is 0. The van der Waals surface area contributed by atoms with Gasteiger partial charge in [-0.2, -0.15) is 18.7 Å². The fraction of sp³-hybridized carbons (Fsp3) is 1.00. The van der Waals surface area contributed by atoms with E-state index < -0.39 is 12.8 Å². The maximum absolute atomic E-state index is 11.7. The summed E-state index contributed by atoms with van der Waals surface area (Å²) in [6.07, 6.45) is -2.42. The molecule has 0 aliphatic heterocycles. The Kier molecular flexibility index (Phi) is 3.78. The molecule has 0 atom stereocenters. The Labute approximate surface area is 81.8 Å². The number of alkyl halides is 3. The minimum atomic E-state index is -4.24. The molecule has 0 bridgehead atoms. The van der Waals surface area contributed by atoms with Gasteiger partial charge in [-0.15, -0.1) is 0 Å². The van der Waals surface area contributed by atoms with Gasteiger partial charge in [0, 0.05) is 6.04 Å². The Hall–Kier alpha value is -0.290. The van der Waals surface area contributed by atoms with Crippen LogP contribution < -0.4 is 5.48 Å². The molecule has 0 radical (unpaired) electrons. The fourth-order valence-electron chi connectivity index (χ4n) is 1.54. The van der Waals surface area contributed by atoms with Crippen LogP contribution in [0.3, 0.4) is 0 Å². The Morgan fingerprint density at radius 3 is 2.36 bits per heavy atom. The molecule has 1 aliphatic rings. The van der Waals surface area contributed by atoms with Crippen molar-refractivity contribution in [1.29, 1.82) is 0 Å². The molecule has 2 nitrogen and oxygen atoms in total. The summed E-state index contributed by atoms with van der Waals surface area (Å²) in [5.74, 6) is 1.23. The van der Waals surface area contributed by atoms with Gasteiger partial charge in [0.2, 0.25) is 0 Å². The Morgan fingerprint density at radius 2 is 1.93 bits per heavy atom. The van der Waals surface area contributed by atoms with Crippen LogP contribution >= 0.6 is 0 Å². The molecular formula is C9H16F3NO. The number of rotatable bonds is 4. The molecule has 5 heteroatoms. The van der Waals surface area contributed by atoms with Crippen molar-refractivity contribution in [3.63, 3.8) is 0 Å². The minimum Gasteiger partial charge on any atom is -0.292 e. The number of hydrogen-bond donors (Lipinski definition) is 1. The topological polar surface area (TPSA) is 21.3 Å². The van der Waals surface area contributed by atoms with Crippen molar-refractivity contribution in [1.82, 2.24) is 5.48 Å². The predicted octanol–water partition coefficient (Wildman–Crippen LogP) is 2.50. The zero-order valence-electron chi connectivity index (χ0n) is 8.40. The van der Waals surface area contributed by atoms with Crippen LogP contribution in [0.2, 0.25) is 0 Å². The number of hydroxylamine groups is 1. The molecule has 1 fully saturated rings. The van der Waals surface area contributed by atoms with Crippen molar-refractivity contribution < 1.29 is 18.0 Å². The van der Waals surface area contributed by atoms with E-state index in [1.807, 2.05) is 0 Å². The highest BCUT2D eigenvalue weighted by Gasteiger charge is 2.33. The summed E-state index contributed by atoms with van der Waals surface area (Å²) in [4.78, 5) is 4.36. The predicted molar refractivity (Wildman–Crippen MR) is 46.5 cm³/mol. The molecule has 1 N–H and O–H groups in total. The Morgan fingerprint density at radius 1 is 1.36 bits per heavy atom. The Balaban J connectivity index is 2.01. The van der Waals surface area contributed by atoms with E-state index in [2.05, 4.69) is 24.2 Å². The van der Waals surface area contributed by atoms with E-state index in [1.54, 1.807) is 0 Å². The maximum Gasteiger partial charge on any atom is 0.413 e. The molecular weight excluding hydrogens is 195 g/mol. The lowest BCUT2D eigenvalue weighted by Crippen LogP contribution is -2.44. The van der Waals surface area contributed by atoms with Crippen molar-refractivity contribution >= 4 is 0 Å². The molecule has 0 saturated heterocycles. The van der Waals surface area contributed by atoms with Gasteiger partial charge < -0.3 is 0 Å². The number of halogens is 3. The summed E-state index contributed by atoms with van der Waals surface area (Å²) >= 11 is 0. The Bertz CT molecular complexity index is 175. The molecule has 0 aromatic carbocycles. The van der Waals surface area contributed by atoms with Crippen molar-refractivity contribution in [2.45, 2.75) is 38.9 Å². The molecule has 84 valence electrons. The van der Waals surface area contributed by atoms with Gasteiger partial charge in [-0.05, 0) is 24.7 Å². The van der Waals surface area contributed by atoms with Crippen LogP contribution in [0.1, 0.15) is 26.7 Å². The fourth-order valence-corrected chi connectivity index (χ4v) is 1.54. The summed E-state index contributed by atoms with van der Waals surface area (Å²) in [6, 6.07) is 0.102. The van der Waals surface area contributed by atoms with Crippen LogP contribution in [0, 0.1) is 11.8 Å². The smallest absolute Gasteiger partial charge is 0.292 e. The third-order valence-electron chi connectivity index (χ3n) is 2.60. The lowest BCUT2D eigenvalue weighted by molar-refractivity contribution is -0.197. The summed E-state index contributed by atoms with van der Waals surface area (Å²) in [5, 5.41) is 0. The van der Waals surface area contributed by atoms with Crippen molar-refractivity contribution in [2.75, 3.05) is 6.61 Å². The summed E-state index contributed by atoms with van der Waals surface area (Å²) in [6.45, 7) is 3.03. The molecule has 0 amide bonds. The monoisotopic (exact) mass is 211 g/mol. The van der Waals surface area contributed by atoms with Crippen LogP contribution in [0.4, 0.5) is 13.2 Å². The van der Waals surface area contributed by atoms with Gasteiger partial charge in [0.05, 0.1) is 0 Å². The molecule has 0 aromatic rings. The highest BCUT2D eigenvalue weighted by atomic mass is 19.4. The second-order valence-corrected chi connectivity index (χ2v) is 4.19. The number of nitrogens with one attached hydrogen (secondary N) is 1. The molecule has 14 heavy (non-hydrogen) atoms. The molecule has 1 aliphatic carbocycles. The van der Waals surface area contributed by atoms with Crippen LogP contribution in [0.25, 0.3) is 0 Å². The van der Waals surface area contributed by atoms with Gasteiger partial charge >= 0.3 is 6.18 Å². The van der Waals surface area contributed by atoms with E-state index in [1.165, 1.54) is 0 Å². The second-order valence-electron chi connectivity index (χ2n) is 4.19. The summed E-state index contributed by atoms with van der Waals surface area (Å²) in [5.41, 5.74) is 2.44. The van der Waals surface area contributed by atoms with Gasteiger partial charge in [0.15, 0.2) is 6.61 Å². The first-order valence-electron chi connectivity index (χ1n) is 4.82. The van der Waals surface area contributed by atoms with E-state index in [0.717, 1.165) is 12.8 Å². The zero-order chi connectivity index (χ0) is 10.8. The van der Waals surface area contributed by atoms with Crippen molar-refractivity contribution in [3.05, 3.63) is 0 Å². The standard InChI is InChI=1S/C9H16F3NO/c1-6(2)7-3-8(4-7)13-14-5-9(10,11)12/h6-8,13H,3-5H2,1-2H3. The van der Waals surface area contributed by atoms with Crippen LogP contribution in [0.15, 0.2) is 0 Å². The average Bonchev–Trinajstić information content (AvgIpc) is 1.90. The molecule has 1 rings (SSSR count). The van der Waals surface area contributed by atoms with E-state index in [4.69, 9.17) is 0 Å². The average molecular weight is 211 g/mol. The first-order chi connectivity index (χ1) is 6.38. The third-order valence-corrected chi connectivity index (χ3v) is 2.60. The first-order valence-corrected chi connectivity index (χ1v) is 4.82. The van der Waals surface area contributed by atoms with Crippen LogP contribution in [0.5, 0.6) is 0 Å². The van der Waals surface area contributed by atoms with Gasteiger partial charge in [-0.1, -0.05) is 13.8 Å². The van der Waals surface area contributed by atoms with E-state index in [9.17, 15) is 13.2 Å².